The highest BCUT2D eigenvalue weighted by molar-refractivity contribution is 6.11. The number of hydrogen-bond donors (Lipinski definition) is 0. The summed E-state index contributed by atoms with van der Waals surface area (Å²) in [5.41, 5.74) is 4.17. The van der Waals surface area contributed by atoms with E-state index in [1.165, 1.54) is 0 Å². The predicted octanol–water partition coefficient (Wildman–Crippen LogP) is 5.26. The number of hydrogen-bond acceptors (Lipinski definition) is 5. The van der Waals surface area contributed by atoms with Crippen LogP contribution >= 0.6 is 0 Å². The molecular formula is C27H23NO5. The van der Waals surface area contributed by atoms with Gasteiger partial charge in [-0.3, -0.25) is 4.79 Å². The third kappa shape index (κ3) is 3.14. The van der Waals surface area contributed by atoms with Crippen molar-refractivity contribution in [1.82, 2.24) is 4.40 Å². The van der Waals surface area contributed by atoms with Crippen LogP contribution in [0.25, 0.3) is 38.7 Å². The summed E-state index contributed by atoms with van der Waals surface area (Å²) in [6, 6.07) is 19.1. The van der Waals surface area contributed by atoms with Gasteiger partial charge in [0.2, 0.25) is 0 Å². The molecule has 2 aromatic heterocycles. The van der Waals surface area contributed by atoms with E-state index in [4.69, 9.17) is 18.9 Å². The average Bonchev–Trinajstić information content (AvgIpc) is 3.26. The van der Waals surface area contributed by atoms with E-state index in [0.717, 1.165) is 33.3 Å². The Labute approximate surface area is 190 Å². The van der Waals surface area contributed by atoms with Crippen LogP contribution in [0.15, 0.2) is 71.7 Å². The van der Waals surface area contributed by atoms with Gasteiger partial charge in [-0.25, -0.2) is 0 Å². The van der Waals surface area contributed by atoms with Crippen molar-refractivity contribution in [3.05, 3.63) is 77.1 Å². The molecule has 0 spiro atoms. The molecule has 0 saturated carbocycles. The summed E-state index contributed by atoms with van der Waals surface area (Å²) in [5.74, 6) is 2.33. The van der Waals surface area contributed by atoms with Crippen molar-refractivity contribution in [2.24, 2.45) is 0 Å². The average molecular weight is 441 g/mol. The van der Waals surface area contributed by atoms with Gasteiger partial charge in [0, 0.05) is 29.5 Å². The highest BCUT2D eigenvalue weighted by Gasteiger charge is 2.23. The van der Waals surface area contributed by atoms with E-state index in [0.29, 0.717) is 28.4 Å². The van der Waals surface area contributed by atoms with Crippen molar-refractivity contribution in [2.75, 3.05) is 28.4 Å². The zero-order valence-electron chi connectivity index (χ0n) is 18.8. The van der Waals surface area contributed by atoms with Crippen LogP contribution in [0.3, 0.4) is 0 Å². The van der Waals surface area contributed by atoms with Gasteiger partial charge in [-0.15, -0.1) is 0 Å². The predicted molar refractivity (Wildman–Crippen MR) is 129 cm³/mol. The number of nitrogens with zero attached hydrogens (tertiary/aromatic N) is 1. The first-order valence-electron chi connectivity index (χ1n) is 10.5. The molecule has 3 aromatic carbocycles. The van der Waals surface area contributed by atoms with Crippen molar-refractivity contribution in [3.8, 4) is 45.4 Å². The molecule has 0 unspecified atom stereocenters. The lowest BCUT2D eigenvalue weighted by Gasteiger charge is -2.14. The molecule has 0 aliphatic rings. The lowest BCUT2D eigenvalue weighted by Crippen LogP contribution is -2.07. The van der Waals surface area contributed by atoms with Gasteiger partial charge in [0.05, 0.1) is 50.4 Å². The first-order chi connectivity index (χ1) is 16.1. The van der Waals surface area contributed by atoms with Gasteiger partial charge < -0.3 is 23.3 Å². The number of pyridine rings is 1. The fraction of sp³-hybridized carbons (Fsp3) is 0.148. The van der Waals surface area contributed by atoms with Crippen LogP contribution in [-0.2, 0) is 0 Å². The minimum absolute atomic E-state index is 0.130. The van der Waals surface area contributed by atoms with Gasteiger partial charge in [-0.05, 0) is 23.8 Å². The second-order valence-corrected chi connectivity index (χ2v) is 7.62. The summed E-state index contributed by atoms with van der Waals surface area (Å²) in [7, 11) is 6.37. The molecule has 6 heteroatoms. The van der Waals surface area contributed by atoms with Crippen LogP contribution in [0, 0.1) is 0 Å². The Morgan fingerprint density at radius 3 is 1.97 bits per heavy atom. The van der Waals surface area contributed by atoms with Crippen LogP contribution in [0.2, 0.25) is 0 Å². The summed E-state index contributed by atoms with van der Waals surface area (Å²) in [6.07, 6.45) is 2.04. The fourth-order valence-corrected chi connectivity index (χ4v) is 4.45. The van der Waals surface area contributed by atoms with E-state index in [9.17, 15) is 4.79 Å². The quantitative estimate of drug-likeness (QED) is 0.360. The van der Waals surface area contributed by atoms with Crippen LogP contribution in [0.4, 0.5) is 0 Å². The van der Waals surface area contributed by atoms with Crippen molar-refractivity contribution in [2.45, 2.75) is 0 Å². The smallest absolute Gasteiger partial charge is 0.193 e. The normalized spacial score (nSPS) is 11.2. The minimum atomic E-state index is -0.130. The van der Waals surface area contributed by atoms with Crippen molar-refractivity contribution >= 4 is 16.3 Å². The summed E-state index contributed by atoms with van der Waals surface area (Å²) in [4.78, 5) is 13.4. The summed E-state index contributed by atoms with van der Waals surface area (Å²) >= 11 is 0. The molecule has 166 valence electrons. The summed E-state index contributed by atoms with van der Waals surface area (Å²) < 4.78 is 24.3. The molecule has 5 rings (SSSR count). The molecule has 0 radical (unpaired) electrons. The first-order valence-corrected chi connectivity index (χ1v) is 10.5. The first kappa shape index (κ1) is 20.7. The van der Waals surface area contributed by atoms with E-state index in [2.05, 4.69) is 0 Å². The number of methoxy groups -OCH3 is 4. The zero-order valence-corrected chi connectivity index (χ0v) is 18.8. The second kappa shape index (κ2) is 8.06. The molecule has 0 fully saturated rings. The van der Waals surface area contributed by atoms with E-state index in [1.54, 1.807) is 40.6 Å². The molecule has 0 aliphatic carbocycles. The molecule has 0 N–H and O–H groups in total. The maximum atomic E-state index is 13.4. The summed E-state index contributed by atoms with van der Waals surface area (Å²) in [5, 5.41) is 1.37. The third-order valence-electron chi connectivity index (χ3n) is 5.97. The molecule has 33 heavy (non-hydrogen) atoms. The van der Waals surface area contributed by atoms with Crippen molar-refractivity contribution in [1.29, 1.82) is 0 Å². The van der Waals surface area contributed by atoms with Crippen LogP contribution in [-0.4, -0.2) is 32.8 Å². The largest absolute Gasteiger partial charge is 0.496 e. The molecule has 6 nitrogen and oxygen atoms in total. The second-order valence-electron chi connectivity index (χ2n) is 7.62. The molecule has 2 heterocycles. The Morgan fingerprint density at radius 1 is 0.636 bits per heavy atom. The molecule has 0 atom stereocenters. The SMILES string of the molecule is COc1ccc(-c2cc(=O)c3c(OC)cc(OC)c4c(-c5ccccc5)cn2c43)cc1OC. The monoisotopic (exact) mass is 441 g/mol. The van der Waals surface area contributed by atoms with E-state index >= 15 is 0 Å². The molecule has 5 aromatic rings. The van der Waals surface area contributed by atoms with E-state index in [1.807, 2.05) is 59.1 Å². The van der Waals surface area contributed by atoms with Gasteiger partial charge in [-0.1, -0.05) is 30.3 Å². The lowest BCUT2D eigenvalue weighted by molar-refractivity contribution is 0.355. The highest BCUT2D eigenvalue weighted by atomic mass is 16.5. The molecule has 0 saturated heterocycles. The minimum Gasteiger partial charge on any atom is -0.496 e. The molecule has 0 amide bonds. The maximum absolute atomic E-state index is 13.4. The van der Waals surface area contributed by atoms with Crippen molar-refractivity contribution in [3.63, 3.8) is 0 Å². The van der Waals surface area contributed by atoms with E-state index in [-0.39, 0.29) is 5.43 Å². The Bertz CT molecular complexity index is 1520. The fourth-order valence-electron chi connectivity index (χ4n) is 4.45. The molecule has 0 aliphatic heterocycles. The van der Waals surface area contributed by atoms with E-state index < -0.39 is 0 Å². The summed E-state index contributed by atoms with van der Waals surface area (Å²) in [6.45, 7) is 0. The third-order valence-corrected chi connectivity index (χ3v) is 5.97. The Kier molecular flexibility index (Phi) is 5.05. The van der Waals surface area contributed by atoms with Crippen molar-refractivity contribution < 1.29 is 18.9 Å². The Hall–Kier alpha value is -4.19. The van der Waals surface area contributed by atoms with Crippen LogP contribution in [0.5, 0.6) is 23.0 Å². The van der Waals surface area contributed by atoms with Gasteiger partial charge >= 0.3 is 0 Å². The molecule has 0 bridgehead atoms. The Morgan fingerprint density at radius 2 is 1.30 bits per heavy atom. The maximum Gasteiger partial charge on any atom is 0.193 e. The highest BCUT2D eigenvalue weighted by Crippen LogP contribution is 2.44. The zero-order chi connectivity index (χ0) is 23.1. The molecular weight excluding hydrogens is 418 g/mol. The number of ether oxygens (including phenoxy) is 4. The number of rotatable bonds is 6. The van der Waals surface area contributed by atoms with Gasteiger partial charge in [0.25, 0.3) is 0 Å². The topological polar surface area (TPSA) is 58.4 Å². The van der Waals surface area contributed by atoms with Crippen LogP contribution in [0.1, 0.15) is 0 Å². The lowest BCUT2D eigenvalue weighted by atomic mass is 10.0. The standard InChI is InChI=1S/C27H23NO5/c1-30-21-11-10-17(12-22(21)31-2)19-13-20(29)26-24(33-4)14-23(32-3)25-18(15-28(19)27(25)26)16-8-6-5-7-9-16/h5-15H,1-4H3. The van der Waals surface area contributed by atoms with Gasteiger partial charge in [-0.2, -0.15) is 0 Å². The van der Waals surface area contributed by atoms with Gasteiger partial charge in [0.15, 0.2) is 16.9 Å². The van der Waals surface area contributed by atoms with Crippen LogP contribution < -0.4 is 24.4 Å². The van der Waals surface area contributed by atoms with Gasteiger partial charge in [0.1, 0.15) is 11.5 Å². The Balaban J connectivity index is 1.94. The number of aromatic nitrogens is 1. The number of benzene rings is 3.